The second kappa shape index (κ2) is 13.7. The molecular formula is C48H35N. The number of benzene rings is 8. The number of hydrogen-bond acceptors (Lipinski definition) is 1. The summed E-state index contributed by atoms with van der Waals surface area (Å²) in [5, 5.41) is 0. The van der Waals surface area contributed by atoms with Crippen LogP contribution in [0.3, 0.4) is 0 Å². The lowest BCUT2D eigenvalue weighted by molar-refractivity contribution is 1.28. The monoisotopic (exact) mass is 625 g/mol. The third-order valence-corrected chi connectivity index (χ3v) is 9.11. The Morgan fingerprint density at radius 3 is 0.898 bits per heavy atom. The molecule has 0 aromatic heterocycles. The van der Waals surface area contributed by atoms with Crippen molar-refractivity contribution in [2.45, 2.75) is 0 Å². The van der Waals surface area contributed by atoms with Gasteiger partial charge in [0.15, 0.2) is 0 Å². The van der Waals surface area contributed by atoms with Crippen LogP contribution in [-0.2, 0) is 0 Å². The average molecular weight is 626 g/mol. The number of anilines is 3. The molecule has 0 saturated carbocycles. The minimum Gasteiger partial charge on any atom is -0.311 e. The van der Waals surface area contributed by atoms with E-state index in [0.717, 1.165) is 17.1 Å². The highest BCUT2D eigenvalue weighted by molar-refractivity contribution is 5.88. The topological polar surface area (TPSA) is 3.24 Å². The summed E-state index contributed by atoms with van der Waals surface area (Å²) in [5.41, 5.74) is 15.4. The van der Waals surface area contributed by atoms with E-state index in [2.05, 4.69) is 217 Å². The van der Waals surface area contributed by atoms with E-state index < -0.39 is 0 Å². The van der Waals surface area contributed by atoms with Crippen molar-refractivity contribution in [1.29, 1.82) is 0 Å². The summed E-state index contributed by atoms with van der Waals surface area (Å²) in [5.74, 6) is 0. The van der Waals surface area contributed by atoms with Crippen LogP contribution in [0, 0.1) is 0 Å². The van der Waals surface area contributed by atoms with Gasteiger partial charge in [-0.1, -0.05) is 170 Å². The Hall–Kier alpha value is -6.44. The summed E-state index contributed by atoms with van der Waals surface area (Å²) in [6, 6.07) is 75.9. The molecule has 0 unspecified atom stereocenters. The smallest absolute Gasteiger partial charge is 0.0462 e. The van der Waals surface area contributed by atoms with Crippen molar-refractivity contribution in [3.63, 3.8) is 0 Å². The third-order valence-electron chi connectivity index (χ3n) is 9.11. The maximum atomic E-state index is 2.34. The Morgan fingerprint density at radius 2 is 0.490 bits per heavy atom. The number of hydrogen-bond donors (Lipinski definition) is 0. The lowest BCUT2D eigenvalue weighted by Crippen LogP contribution is -2.09. The van der Waals surface area contributed by atoms with Crippen LogP contribution in [0.4, 0.5) is 17.1 Å². The summed E-state index contributed by atoms with van der Waals surface area (Å²) < 4.78 is 0. The number of nitrogens with zero attached hydrogens (tertiary/aromatic N) is 1. The SMILES string of the molecule is c1ccc(-c2ccc(N(c3ccc(-c4ccccc4)cc3)c3ccc(-c4cc(-c5ccccc5)ccc4-c4ccccc4)cc3)cc2)cc1. The van der Waals surface area contributed by atoms with Gasteiger partial charge in [-0.15, -0.1) is 0 Å². The average Bonchev–Trinajstić information content (AvgIpc) is 3.20. The van der Waals surface area contributed by atoms with Gasteiger partial charge in [0.25, 0.3) is 0 Å². The van der Waals surface area contributed by atoms with Gasteiger partial charge < -0.3 is 4.90 Å². The predicted molar refractivity (Wildman–Crippen MR) is 208 cm³/mol. The van der Waals surface area contributed by atoms with Crippen molar-refractivity contribution in [2.75, 3.05) is 4.90 Å². The molecular weight excluding hydrogens is 591 g/mol. The van der Waals surface area contributed by atoms with Gasteiger partial charge in [0.2, 0.25) is 0 Å². The molecule has 232 valence electrons. The van der Waals surface area contributed by atoms with E-state index >= 15 is 0 Å². The van der Waals surface area contributed by atoms with Crippen molar-refractivity contribution in [1.82, 2.24) is 0 Å². The molecule has 0 atom stereocenters. The Morgan fingerprint density at radius 1 is 0.204 bits per heavy atom. The molecule has 1 heteroatoms. The molecule has 0 aliphatic heterocycles. The molecule has 8 rings (SSSR count). The van der Waals surface area contributed by atoms with Gasteiger partial charge in [-0.05, 0) is 98.1 Å². The zero-order valence-corrected chi connectivity index (χ0v) is 27.2. The van der Waals surface area contributed by atoms with Gasteiger partial charge in [-0.2, -0.15) is 0 Å². The van der Waals surface area contributed by atoms with E-state index in [4.69, 9.17) is 0 Å². The van der Waals surface area contributed by atoms with Crippen LogP contribution in [0.2, 0.25) is 0 Å². The molecule has 0 N–H and O–H groups in total. The first kappa shape index (κ1) is 29.9. The second-order valence-electron chi connectivity index (χ2n) is 12.2. The standard InChI is InChI=1S/C48H35N/c1-5-13-36(14-6-1)39-21-28-44(29-22-39)49(45-30-23-40(24-31-45)37-15-7-2-8-16-37)46-32-25-42(26-33-46)48-35-43(38-17-9-3-10-18-38)27-34-47(48)41-19-11-4-12-20-41/h1-35H. The van der Waals surface area contributed by atoms with E-state index in [1.165, 1.54) is 55.6 Å². The molecule has 0 saturated heterocycles. The number of rotatable bonds is 8. The van der Waals surface area contributed by atoms with Crippen molar-refractivity contribution in [3.05, 3.63) is 212 Å². The third kappa shape index (κ3) is 6.43. The molecule has 0 amide bonds. The molecule has 49 heavy (non-hydrogen) atoms. The first-order chi connectivity index (χ1) is 24.3. The lowest BCUT2D eigenvalue weighted by atomic mass is 9.91. The molecule has 0 spiro atoms. The summed E-state index contributed by atoms with van der Waals surface area (Å²) >= 11 is 0. The van der Waals surface area contributed by atoms with Gasteiger partial charge in [-0.3, -0.25) is 0 Å². The van der Waals surface area contributed by atoms with Crippen molar-refractivity contribution >= 4 is 17.1 Å². The Labute approximate surface area is 289 Å². The Balaban J connectivity index is 1.20. The van der Waals surface area contributed by atoms with Crippen LogP contribution in [0.15, 0.2) is 212 Å². The van der Waals surface area contributed by atoms with E-state index in [9.17, 15) is 0 Å². The zero-order chi connectivity index (χ0) is 32.8. The van der Waals surface area contributed by atoms with Crippen molar-refractivity contribution < 1.29 is 0 Å². The lowest BCUT2D eigenvalue weighted by Gasteiger charge is -2.26. The van der Waals surface area contributed by atoms with Crippen molar-refractivity contribution in [2.24, 2.45) is 0 Å². The highest BCUT2D eigenvalue weighted by Gasteiger charge is 2.15. The minimum atomic E-state index is 1.10. The highest BCUT2D eigenvalue weighted by Crippen LogP contribution is 2.40. The van der Waals surface area contributed by atoms with Gasteiger partial charge >= 0.3 is 0 Å². The fraction of sp³-hybridized carbons (Fsp3) is 0. The predicted octanol–water partition coefficient (Wildman–Crippen LogP) is 13.5. The molecule has 8 aromatic carbocycles. The van der Waals surface area contributed by atoms with Crippen LogP contribution in [0.1, 0.15) is 0 Å². The first-order valence-corrected chi connectivity index (χ1v) is 16.8. The summed E-state index contributed by atoms with van der Waals surface area (Å²) in [4.78, 5) is 2.34. The van der Waals surface area contributed by atoms with E-state index in [0.29, 0.717) is 0 Å². The van der Waals surface area contributed by atoms with Gasteiger partial charge in [0.05, 0.1) is 0 Å². The normalized spacial score (nSPS) is 10.9. The molecule has 0 fully saturated rings. The Kier molecular flexibility index (Phi) is 8.39. The summed E-state index contributed by atoms with van der Waals surface area (Å²) in [6.45, 7) is 0. The van der Waals surface area contributed by atoms with Crippen LogP contribution in [0.25, 0.3) is 55.6 Å². The van der Waals surface area contributed by atoms with E-state index in [1.807, 2.05) is 0 Å². The maximum absolute atomic E-state index is 2.34. The highest BCUT2D eigenvalue weighted by atomic mass is 15.1. The Bertz CT molecular complexity index is 2180. The fourth-order valence-electron chi connectivity index (χ4n) is 6.57. The summed E-state index contributed by atoms with van der Waals surface area (Å²) in [7, 11) is 0. The molecule has 0 aliphatic rings. The van der Waals surface area contributed by atoms with Crippen LogP contribution >= 0.6 is 0 Å². The molecule has 0 bridgehead atoms. The second-order valence-corrected chi connectivity index (χ2v) is 12.2. The van der Waals surface area contributed by atoms with E-state index in [1.54, 1.807) is 0 Å². The van der Waals surface area contributed by atoms with Crippen LogP contribution < -0.4 is 4.90 Å². The molecule has 0 radical (unpaired) electrons. The van der Waals surface area contributed by atoms with Crippen molar-refractivity contribution in [3.8, 4) is 55.6 Å². The van der Waals surface area contributed by atoms with E-state index in [-0.39, 0.29) is 0 Å². The quantitative estimate of drug-likeness (QED) is 0.162. The van der Waals surface area contributed by atoms with Gasteiger partial charge in [0, 0.05) is 17.1 Å². The first-order valence-electron chi connectivity index (χ1n) is 16.8. The summed E-state index contributed by atoms with van der Waals surface area (Å²) in [6.07, 6.45) is 0. The van der Waals surface area contributed by atoms with Gasteiger partial charge in [0.1, 0.15) is 0 Å². The fourth-order valence-corrected chi connectivity index (χ4v) is 6.57. The molecule has 0 heterocycles. The molecule has 8 aromatic rings. The largest absolute Gasteiger partial charge is 0.311 e. The van der Waals surface area contributed by atoms with Crippen LogP contribution in [-0.4, -0.2) is 0 Å². The zero-order valence-electron chi connectivity index (χ0n) is 27.2. The van der Waals surface area contributed by atoms with Crippen LogP contribution in [0.5, 0.6) is 0 Å². The molecule has 0 aliphatic carbocycles. The molecule has 1 nitrogen and oxygen atoms in total. The van der Waals surface area contributed by atoms with Gasteiger partial charge in [-0.25, -0.2) is 0 Å². The maximum Gasteiger partial charge on any atom is 0.0462 e. The minimum absolute atomic E-state index is 1.10.